The number of hydrogen-bond donors (Lipinski definition) is 0. The van der Waals surface area contributed by atoms with Gasteiger partial charge in [0.05, 0.1) is 11.0 Å². The van der Waals surface area contributed by atoms with Gasteiger partial charge in [-0.3, -0.25) is 4.57 Å². The quantitative estimate of drug-likeness (QED) is 0.206. The van der Waals surface area contributed by atoms with Crippen molar-refractivity contribution in [2.75, 3.05) is 0 Å². The highest BCUT2D eigenvalue weighted by Gasteiger charge is 2.19. The van der Waals surface area contributed by atoms with Gasteiger partial charge in [0.15, 0.2) is 11.6 Å². The number of benzene rings is 7. The smallest absolute Gasteiger partial charge is 0.238 e. The summed E-state index contributed by atoms with van der Waals surface area (Å²) in [5, 5.41) is 9.82. The highest BCUT2D eigenvalue weighted by molar-refractivity contribution is 6.22. The summed E-state index contributed by atoms with van der Waals surface area (Å²) in [6.07, 6.45) is 0. The monoisotopic (exact) mass is 548 g/mol. The number of nitrogens with zero attached hydrogens (tertiary/aromatic N) is 4. The summed E-state index contributed by atoms with van der Waals surface area (Å²) in [7, 11) is 0. The van der Waals surface area contributed by atoms with E-state index in [0.29, 0.717) is 17.6 Å². The Labute approximate surface area is 247 Å². The van der Waals surface area contributed by atoms with Crippen LogP contribution in [-0.2, 0) is 0 Å². The Kier molecular flexibility index (Phi) is 5.16. The second-order valence-corrected chi connectivity index (χ2v) is 10.9. The van der Waals surface area contributed by atoms with Crippen molar-refractivity contribution in [3.05, 3.63) is 146 Å². The Morgan fingerprint density at radius 2 is 0.930 bits per heavy atom. The van der Waals surface area contributed by atoms with Gasteiger partial charge in [-0.2, -0.15) is 9.97 Å². The van der Waals surface area contributed by atoms with E-state index < -0.39 is 0 Å². The van der Waals surface area contributed by atoms with Gasteiger partial charge in [-0.25, -0.2) is 4.98 Å². The van der Waals surface area contributed by atoms with Crippen LogP contribution in [0.3, 0.4) is 0 Å². The largest absolute Gasteiger partial charge is 0.278 e. The van der Waals surface area contributed by atoms with E-state index in [1.54, 1.807) is 0 Å². The number of para-hydroxylation sites is 1. The minimum atomic E-state index is 0.602. The molecule has 2 aromatic heterocycles. The van der Waals surface area contributed by atoms with Crippen LogP contribution in [0.2, 0.25) is 0 Å². The number of rotatable bonds is 3. The topological polar surface area (TPSA) is 43.6 Å². The number of hydrogen-bond acceptors (Lipinski definition) is 3. The second kappa shape index (κ2) is 9.33. The van der Waals surface area contributed by atoms with Crippen molar-refractivity contribution in [3.63, 3.8) is 0 Å². The fraction of sp³-hybridized carbons (Fsp3) is 0. The maximum atomic E-state index is 5.08. The average Bonchev–Trinajstić information content (AvgIpc) is 3.41. The summed E-state index contributed by atoms with van der Waals surface area (Å²) in [5.74, 6) is 1.90. The summed E-state index contributed by atoms with van der Waals surface area (Å²) in [6, 6.07) is 51.0. The van der Waals surface area contributed by atoms with Crippen LogP contribution in [-0.4, -0.2) is 19.5 Å². The van der Waals surface area contributed by atoms with Crippen molar-refractivity contribution in [2.24, 2.45) is 0 Å². The number of fused-ring (bicyclic) bond motifs is 8. The van der Waals surface area contributed by atoms with Crippen LogP contribution in [0.5, 0.6) is 0 Å². The van der Waals surface area contributed by atoms with Gasteiger partial charge in [0.25, 0.3) is 0 Å². The van der Waals surface area contributed by atoms with Crippen LogP contribution in [0.25, 0.3) is 82.8 Å². The zero-order chi connectivity index (χ0) is 28.3. The summed E-state index contributed by atoms with van der Waals surface area (Å²) in [6.45, 7) is 0. The Bertz CT molecular complexity index is 2440. The molecule has 0 N–H and O–H groups in total. The van der Waals surface area contributed by atoms with Gasteiger partial charge < -0.3 is 0 Å². The van der Waals surface area contributed by atoms with E-state index in [-0.39, 0.29) is 0 Å². The third kappa shape index (κ3) is 3.74. The zero-order valence-electron chi connectivity index (χ0n) is 23.1. The molecule has 9 aromatic rings. The minimum Gasteiger partial charge on any atom is -0.278 e. The molecule has 9 rings (SSSR count). The van der Waals surface area contributed by atoms with Crippen LogP contribution >= 0.6 is 0 Å². The van der Waals surface area contributed by atoms with Crippen molar-refractivity contribution in [2.45, 2.75) is 0 Å². The lowest BCUT2D eigenvalue weighted by atomic mass is 9.96. The Balaban J connectivity index is 1.37. The zero-order valence-corrected chi connectivity index (χ0v) is 23.1. The first-order valence-electron chi connectivity index (χ1n) is 14.5. The van der Waals surface area contributed by atoms with Crippen molar-refractivity contribution < 1.29 is 0 Å². The molecule has 0 saturated carbocycles. The first-order chi connectivity index (χ1) is 21.3. The molecule has 0 unspecified atom stereocenters. The molecule has 0 bridgehead atoms. The first-order valence-corrected chi connectivity index (χ1v) is 14.5. The lowest BCUT2D eigenvalue weighted by molar-refractivity contribution is 0.954. The molecule has 0 aliphatic rings. The average molecular weight is 549 g/mol. The van der Waals surface area contributed by atoms with E-state index in [0.717, 1.165) is 22.2 Å². The molecule has 7 aromatic carbocycles. The molecule has 0 saturated heterocycles. The molecule has 43 heavy (non-hydrogen) atoms. The third-order valence-electron chi connectivity index (χ3n) is 8.42. The SMILES string of the molecule is c1ccc(-c2nc(-c3ccccc3)nc(-n3c4ccccc4c4cc5c(ccc6c7ccccc7ccc56)cc43)n2)cc1. The molecule has 4 heteroatoms. The van der Waals surface area contributed by atoms with Crippen LogP contribution < -0.4 is 0 Å². The van der Waals surface area contributed by atoms with Crippen molar-refractivity contribution in [3.8, 4) is 28.7 Å². The predicted octanol–water partition coefficient (Wildman–Crippen LogP) is 9.76. The Morgan fingerprint density at radius 1 is 0.349 bits per heavy atom. The Morgan fingerprint density at radius 3 is 1.65 bits per heavy atom. The van der Waals surface area contributed by atoms with Crippen LogP contribution in [0, 0.1) is 0 Å². The fourth-order valence-electron chi connectivity index (χ4n) is 6.40. The van der Waals surface area contributed by atoms with Gasteiger partial charge in [0, 0.05) is 21.9 Å². The molecular weight excluding hydrogens is 524 g/mol. The van der Waals surface area contributed by atoms with E-state index in [4.69, 9.17) is 15.0 Å². The molecule has 2 heterocycles. The molecule has 0 amide bonds. The molecule has 0 atom stereocenters. The minimum absolute atomic E-state index is 0.602. The van der Waals surface area contributed by atoms with Crippen LogP contribution in [0.1, 0.15) is 0 Å². The highest BCUT2D eigenvalue weighted by atomic mass is 15.2. The van der Waals surface area contributed by atoms with Crippen molar-refractivity contribution in [1.29, 1.82) is 0 Å². The normalized spacial score (nSPS) is 11.7. The molecule has 4 nitrogen and oxygen atoms in total. The van der Waals surface area contributed by atoms with Crippen molar-refractivity contribution >= 4 is 54.1 Å². The summed E-state index contributed by atoms with van der Waals surface area (Å²) < 4.78 is 2.19. The molecule has 200 valence electrons. The molecule has 0 spiro atoms. The van der Waals surface area contributed by atoms with E-state index >= 15 is 0 Å². The lowest BCUT2D eigenvalue weighted by Crippen LogP contribution is -2.06. The molecule has 0 aliphatic carbocycles. The lowest BCUT2D eigenvalue weighted by Gasteiger charge is -2.12. The van der Waals surface area contributed by atoms with Crippen molar-refractivity contribution in [1.82, 2.24) is 19.5 Å². The molecule has 0 fully saturated rings. The van der Waals surface area contributed by atoms with Crippen LogP contribution in [0.15, 0.2) is 146 Å². The molecule has 0 radical (unpaired) electrons. The molecule has 0 aliphatic heterocycles. The van der Waals surface area contributed by atoms with Gasteiger partial charge in [-0.05, 0) is 50.5 Å². The molecular formula is C39H24N4. The number of aromatic nitrogens is 4. The Hall–Kier alpha value is -5.87. The van der Waals surface area contributed by atoms with E-state index in [1.165, 1.54) is 43.1 Å². The summed E-state index contributed by atoms with van der Waals surface area (Å²) in [4.78, 5) is 15.1. The summed E-state index contributed by atoms with van der Waals surface area (Å²) >= 11 is 0. The van der Waals surface area contributed by atoms with Gasteiger partial charge >= 0.3 is 0 Å². The van der Waals surface area contributed by atoms with E-state index in [1.807, 2.05) is 60.7 Å². The van der Waals surface area contributed by atoms with Gasteiger partial charge in [-0.15, -0.1) is 0 Å². The van der Waals surface area contributed by atoms with Gasteiger partial charge in [-0.1, -0.05) is 127 Å². The standard InChI is InChI=1S/C39H24N4/c1-3-12-26(13-4-1)37-40-38(27-14-5-2-6-15-27)42-39(41-37)43-35-18-10-9-17-32(35)34-24-33-28(23-36(34)43)20-22-30-29-16-8-7-11-25(29)19-21-31(30)33/h1-24H. The third-order valence-corrected chi connectivity index (χ3v) is 8.42. The summed E-state index contributed by atoms with van der Waals surface area (Å²) in [5.41, 5.74) is 4.03. The predicted molar refractivity (Wildman–Crippen MR) is 178 cm³/mol. The first kappa shape index (κ1) is 23.8. The fourth-order valence-corrected chi connectivity index (χ4v) is 6.40. The maximum absolute atomic E-state index is 5.08. The van der Waals surface area contributed by atoms with E-state index in [2.05, 4.69) is 89.5 Å². The van der Waals surface area contributed by atoms with Gasteiger partial charge in [0.1, 0.15) is 0 Å². The maximum Gasteiger partial charge on any atom is 0.238 e. The van der Waals surface area contributed by atoms with Crippen LogP contribution in [0.4, 0.5) is 0 Å². The van der Waals surface area contributed by atoms with Gasteiger partial charge in [0.2, 0.25) is 5.95 Å². The van der Waals surface area contributed by atoms with E-state index in [9.17, 15) is 0 Å². The second-order valence-electron chi connectivity index (χ2n) is 10.9. The highest BCUT2D eigenvalue weighted by Crippen LogP contribution is 2.38.